The average Bonchev–Trinajstić information content (AvgIpc) is 2.71. The molecule has 0 bridgehead atoms. The van der Waals surface area contributed by atoms with Crippen molar-refractivity contribution in [3.8, 4) is 5.69 Å². The normalized spacial score (nSPS) is 18.1. The molecule has 1 aliphatic heterocycles. The minimum absolute atomic E-state index is 0.195. The van der Waals surface area contributed by atoms with Crippen molar-refractivity contribution < 1.29 is 0 Å². The Bertz CT molecular complexity index is 527. The van der Waals surface area contributed by atoms with Crippen LogP contribution in [0.4, 0.5) is 0 Å². The maximum atomic E-state index is 5.96. The summed E-state index contributed by atoms with van der Waals surface area (Å²) in [5, 5.41) is 7.93. The fourth-order valence-corrected chi connectivity index (χ4v) is 1.80. The van der Waals surface area contributed by atoms with Crippen LogP contribution in [0.15, 0.2) is 36.7 Å². The Morgan fingerprint density at radius 3 is 3.07 bits per heavy atom. The number of aromatic nitrogens is 3. The van der Waals surface area contributed by atoms with E-state index in [4.69, 9.17) is 5.73 Å². The SMILES string of the molecule is NC1C=Cc2ccccc2-n2cnnc21. The molecule has 3 rings (SSSR count). The van der Waals surface area contributed by atoms with Gasteiger partial charge in [0.2, 0.25) is 0 Å². The van der Waals surface area contributed by atoms with Gasteiger partial charge in [0.25, 0.3) is 0 Å². The molecule has 0 amide bonds. The zero-order valence-electron chi connectivity index (χ0n) is 8.04. The fourth-order valence-electron chi connectivity index (χ4n) is 1.80. The molecule has 0 radical (unpaired) electrons. The second kappa shape index (κ2) is 3.03. The highest BCUT2D eigenvalue weighted by molar-refractivity contribution is 5.62. The van der Waals surface area contributed by atoms with E-state index in [0.717, 1.165) is 17.1 Å². The monoisotopic (exact) mass is 198 g/mol. The molecule has 2 heterocycles. The van der Waals surface area contributed by atoms with Crippen molar-refractivity contribution in [2.24, 2.45) is 5.73 Å². The minimum Gasteiger partial charge on any atom is -0.318 e. The lowest BCUT2D eigenvalue weighted by atomic mass is 10.1. The molecular weight excluding hydrogens is 188 g/mol. The number of fused-ring (bicyclic) bond motifs is 3. The molecule has 2 aromatic rings. The molecule has 15 heavy (non-hydrogen) atoms. The number of hydrogen-bond acceptors (Lipinski definition) is 3. The fraction of sp³-hybridized carbons (Fsp3) is 0.0909. The lowest BCUT2D eigenvalue weighted by Crippen LogP contribution is -2.12. The summed E-state index contributed by atoms with van der Waals surface area (Å²) in [7, 11) is 0. The van der Waals surface area contributed by atoms with Gasteiger partial charge in [0.1, 0.15) is 6.33 Å². The summed E-state index contributed by atoms with van der Waals surface area (Å²) in [4.78, 5) is 0. The van der Waals surface area contributed by atoms with Crippen LogP contribution in [0.5, 0.6) is 0 Å². The van der Waals surface area contributed by atoms with E-state index >= 15 is 0 Å². The Labute approximate surface area is 87.1 Å². The molecule has 0 spiro atoms. The van der Waals surface area contributed by atoms with Gasteiger partial charge in [-0.2, -0.15) is 0 Å². The van der Waals surface area contributed by atoms with Gasteiger partial charge >= 0.3 is 0 Å². The lowest BCUT2D eigenvalue weighted by Gasteiger charge is -2.07. The van der Waals surface area contributed by atoms with E-state index in [2.05, 4.69) is 10.2 Å². The molecule has 1 aromatic heterocycles. The third-order valence-electron chi connectivity index (χ3n) is 2.55. The standard InChI is InChI=1S/C11H10N4/c12-9-6-5-8-3-1-2-4-10(8)15-7-13-14-11(9)15/h1-7,9H,12H2. The van der Waals surface area contributed by atoms with Crippen molar-refractivity contribution in [1.82, 2.24) is 14.8 Å². The first-order valence-electron chi connectivity index (χ1n) is 4.79. The van der Waals surface area contributed by atoms with Gasteiger partial charge in [0.15, 0.2) is 5.82 Å². The van der Waals surface area contributed by atoms with Crippen molar-refractivity contribution in [3.05, 3.63) is 48.1 Å². The highest BCUT2D eigenvalue weighted by Crippen LogP contribution is 2.24. The molecule has 0 aliphatic carbocycles. The molecule has 1 aromatic carbocycles. The summed E-state index contributed by atoms with van der Waals surface area (Å²) >= 11 is 0. The first kappa shape index (κ1) is 8.38. The molecule has 2 N–H and O–H groups in total. The van der Waals surface area contributed by atoms with Gasteiger partial charge < -0.3 is 5.73 Å². The molecule has 1 aliphatic rings. The third-order valence-corrected chi connectivity index (χ3v) is 2.55. The van der Waals surface area contributed by atoms with E-state index in [1.165, 1.54) is 0 Å². The van der Waals surface area contributed by atoms with E-state index in [1.54, 1.807) is 6.33 Å². The van der Waals surface area contributed by atoms with Gasteiger partial charge in [-0.1, -0.05) is 30.4 Å². The van der Waals surface area contributed by atoms with E-state index in [0.29, 0.717) is 0 Å². The summed E-state index contributed by atoms with van der Waals surface area (Å²) < 4.78 is 1.93. The van der Waals surface area contributed by atoms with Crippen LogP contribution in [0.25, 0.3) is 11.8 Å². The van der Waals surface area contributed by atoms with Gasteiger partial charge in [-0.15, -0.1) is 10.2 Å². The van der Waals surface area contributed by atoms with Crippen molar-refractivity contribution in [1.29, 1.82) is 0 Å². The zero-order chi connectivity index (χ0) is 10.3. The maximum absolute atomic E-state index is 5.96. The van der Waals surface area contributed by atoms with Crippen LogP contribution < -0.4 is 5.73 Å². The van der Waals surface area contributed by atoms with Crippen LogP contribution in [0.1, 0.15) is 17.4 Å². The second-order valence-corrected chi connectivity index (χ2v) is 3.50. The maximum Gasteiger partial charge on any atom is 0.158 e. The molecule has 1 atom stereocenters. The number of rotatable bonds is 0. The summed E-state index contributed by atoms with van der Waals surface area (Å²) in [5.41, 5.74) is 8.16. The van der Waals surface area contributed by atoms with E-state index in [-0.39, 0.29) is 6.04 Å². The molecule has 0 saturated heterocycles. The summed E-state index contributed by atoms with van der Waals surface area (Å²) in [6.07, 6.45) is 5.65. The summed E-state index contributed by atoms with van der Waals surface area (Å²) in [6, 6.07) is 7.88. The van der Waals surface area contributed by atoms with Crippen LogP contribution in [-0.4, -0.2) is 14.8 Å². The third kappa shape index (κ3) is 1.19. The van der Waals surface area contributed by atoms with Crippen LogP contribution >= 0.6 is 0 Å². The molecule has 74 valence electrons. The Morgan fingerprint density at radius 2 is 2.13 bits per heavy atom. The largest absolute Gasteiger partial charge is 0.318 e. The Kier molecular flexibility index (Phi) is 1.69. The summed E-state index contributed by atoms with van der Waals surface area (Å²) in [6.45, 7) is 0. The Hall–Kier alpha value is -1.94. The van der Waals surface area contributed by atoms with E-state index < -0.39 is 0 Å². The zero-order valence-corrected chi connectivity index (χ0v) is 8.04. The number of nitrogens with zero attached hydrogens (tertiary/aromatic N) is 3. The van der Waals surface area contributed by atoms with Gasteiger partial charge in [0, 0.05) is 0 Å². The van der Waals surface area contributed by atoms with Crippen molar-refractivity contribution in [2.75, 3.05) is 0 Å². The number of benzene rings is 1. The molecular formula is C11H10N4. The molecule has 0 fully saturated rings. The lowest BCUT2D eigenvalue weighted by molar-refractivity contribution is 0.782. The highest BCUT2D eigenvalue weighted by Gasteiger charge is 2.16. The predicted molar refractivity (Wildman–Crippen MR) is 57.3 cm³/mol. The van der Waals surface area contributed by atoms with Gasteiger partial charge in [-0.25, -0.2) is 0 Å². The van der Waals surface area contributed by atoms with Crippen molar-refractivity contribution in [2.45, 2.75) is 6.04 Å². The van der Waals surface area contributed by atoms with Gasteiger partial charge in [-0.3, -0.25) is 4.57 Å². The van der Waals surface area contributed by atoms with Crippen LogP contribution in [-0.2, 0) is 0 Å². The Balaban J connectivity index is 2.33. The molecule has 4 nitrogen and oxygen atoms in total. The molecule has 4 heteroatoms. The van der Waals surface area contributed by atoms with Crippen LogP contribution in [0, 0.1) is 0 Å². The quantitative estimate of drug-likeness (QED) is 0.694. The second-order valence-electron chi connectivity index (χ2n) is 3.50. The molecule has 1 unspecified atom stereocenters. The number of nitrogens with two attached hydrogens (primary N) is 1. The number of para-hydroxylation sites is 1. The first-order chi connectivity index (χ1) is 7.36. The minimum atomic E-state index is -0.195. The predicted octanol–water partition coefficient (Wildman–Crippen LogP) is 1.29. The highest BCUT2D eigenvalue weighted by atomic mass is 15.3. The summed E-state index contributed by atoms with van der Waals surface area (Å²) in [5.74, 6) is 0.774. The average molecular weight is 198 g/mol. The van der Waals surface area contributed by atoms with E-state index in [1.807, 2.05) is 41.0 Å². The molecule has 0 saturated carbocycles. The van der Waals surface area contributed by atoms with Crippen LogP contribution in [0.3, 0.4) is 0 Å². The topological polar surface area (TPSA) is 56.7 Å². The first-order valence-corrected chi connectivity index (χ1v) is 4.79. The van der Waals surface area contributed by atoms with E-state index in [9.17, 15) is 0 Å². The Morgan fingerprint density at radius 1 is 1.27 bits per heavy atom. The smallest absolute Gasteiger partial charge is 0.158 e. The van der Waals surface area contributed by atoms with Crippen molar-refractivity contribution >= 4 is 6.08 Å². The van der Waals surface area contributed by atoms with Crippen molar-refractivity contribution in [3.63, 3.8) is 0 Å². The van der Waals surface area contributed by atoms with Gasteiger partial charge in [-0.05, 0) is 11.6 Å². The van der Waals surface area contributed by atoms with Crippen LogP contribution in [0.2, 0.25) is 0 Å². The van der Waals surface area contributed by atoms with Gasteiger partial charge in [0.05, 0.1) is 11.7 Å². The number of hydrogen-bond donors (Lipinski definition) is 1.